The number of nitrogens with one attached hydrogen (secondary N) is 1. The van der Waals surface area contributed by atoms with Crippen LogP contribution in [0, 0.1) is 27.7 Å². The van der Waals surface area contributed by atoms with Gasteiger partial charge >= 0.3 is 0 Å². The predicted molar refractivity (Wildman–Crippen MR) is 127 cm³/mol. The van der Waals surface area contributed by atoms with Crippen LogP contribution in [0.3, 0.4) is 0 Å². The summed E-state index contributed by atoms with van der Waals surface area (Å²) in [6, 6.07) is 7.94. The van der Waals surface area contributed by atoms with Gasteiger partial charge in [0.05, 0.1) is 11.0 Å². The Hall–Kier alpha value is -2.39. The fraction of sp³-hybridized carbons (Fsp3) is 0.409. The SMILES string of the molecule is CCn1c(CSc2nc(C)cc(C)n2)nnc1S[C@@H](C)C(=O)Nc1c(C)cccc1C. The van der Waals surface area contributed by atoms with Crippen molar-refractivity contribution in [2.45, 2.75) is 69.4 Å². The van der Waals surface area contributed by atoms with Gasteiger partial charge in [-0.1, -0.05) is 41.7 Å². The lowest BCUT2D eigenvalue weighted by molar-refractivity contribution is -0.115. The van der Waals surface area contributed by atoms with Crippen LogP contribution < -0.4 is 5.32 Å². The Morgan fingerprint density at radius 1 is 1.10 bits per heavy atom. The van der Waals surface area contributed by atoms with Crippen molar-refractivity contribution < 1.29 is 4.79 Å². The van der Waals surface area contributed by atoms with Crippen molar-refractivity contribution in [3.63, 3.8) is 0 Å². The van der Waals surface area contributed by atoms with Gasteiger partial charge in [-0.2, -0.15) is 0 Å². The number of carbonyl (C=O) groups excluding carboxylic acids is 1. The summed E-state index contributed by atoms with van der Waals surface area (Å²) in [5.41, 5.74) is 4.88. The van der Waals surface area contributed by atoms with Gasteiger partial charge < -0.3 is 9.88 Å². The van der Waals surface area contributed by atoms with E-state index < -0.39 is 0 Å². The Bertz CT molecular complexity index is 1040. The topological polar surface area (TPSA) is 85.6 Å². The molecule has 9 heteroatoms. The minimum atomic E-state index is -0.309. The second kappa shape index (κ2) is 10.3. The van der Waals surface area contributed by atoms with E-state index >= 15 is 0 Å². The number of aryl methyl sites for hydroxylation is 4. The Balaban J connectivity index is 1.67. The largest absolute Gasteiger partial charge is 0.325 e. The number of benzene rings is 1. The molecule has 164 valence electrons. The molecule has 31 heavy (non-hydrogen) atoms. The molecule has 0 radical (unpaired) electrons. The highest BCUT2D eigenvalue weighted by atomic mass is 32.2. The molecule has 0 saturated carbocycles. The Labute approximate surface area is 191 Å². The zero-order chi connectivity index (χ0) is 22.5. The van der Waals surface area contributed by atoms with Crippen LogP contribution in [0.5, 0.6) is 0 Å². The van der Waals surface area contributed by atoms with Gasteiger partial charge in [0.1, 0.15) is 5.82 Å². The molecule has 7 nitrogen and oxygen atoms in total. The van der Waals surface area contributed by atoms with E-state index in [1.165, 1.54) is 11.8 Å². The van der Waals surface area contributed by atoms with Crippen molar-refractivity contribution in [3.05, 3.63) is 52.6 Å². The molecule has 0 saturated heterocycles. The van der Waals surface area contributed by atoms with Crippen LogP contribution in [-0.4, -0.2) is 35.9 Å². The van der Waals surface area contributed by atoms with Crippen LogP contribution in [0.1, 0.15) is 42.2 Å². The summed E-state index contributed by atoms with van der Waals surface area (Å²) in [5.74, 6) is 1.42. The predicted octanol–water partition coefficient (Wildman–Crippen LogP) is 4.73. The van der Waals surface area contributed by atoms with Gasteiger partial charge in [0.25, 0.3) is 0 Å². The van der Waals surface area contributed by atoms with E-state index in [4.69, 9.17) is 0 Å². The van der Waals surface area contributed by atoms with E-state index in [1.54, 1.807) is 11.8 Å². The van der Waals surface area contributed by atoms with E-state index in [9.17, 15) is 4.79 Å². The first-order chi connectivity index (χ1) is 14.8. The molecule has 0 spiro atoms. The van der Waals surface area contributed by atoms with Gasteiger partial charge in [0.2, 0.25) is 5.91 Å². The minimum absolute atomic E-state index is 0.0485. The molecular weight excluding hydrogens is 428 g/mol. The molecule has 0 bridgehead atoms. The van der Waals surface area contributed by atoms with Gasteiger partial charge in [-0.3, -0.25) is 4.79 Å². The lowest BCUT2D eigenvalue weighted by Gasteiger charge is -2.15. The molecule has 0 aliphatic rings. The van der Waals surface area contributed by atoms with Crippen molar-refractivity contribution >= 4 is 35.1 Å². The summed E-state index contributed by atoms with van der Waals surface area (Å²) in [6.07, 6.45) is 0. The van der Waals surface area contributed by atoms with Crippen molar-refractivity contribution in [1.29, 1.82) is 0 Å². The summed E-state index contributed by atoms with van der Waals surface area (Å²) in [7, 11) is 0. The van der Waals surface area contributed by atoms with Crippen LogP contribution in [0.15, 0.2) is 34.6 Å². The average molecular weight is 457 g/mol. The molecule has 0 fully saturated rings. The number of hydrogen-bond acceptors (Lipinski definition) is 7. The fourth-order valence-corrected chi connectivity index (χ4v) is 4.99. The number of nitrogens with zero attached hydrogens (tertiary/aromatic N) is 5. The second-order valence-corrected chi connectivity index (χ2v) is 9.63. The van der Waals surface area contributed by atoms with Gasteiger partial charge in [-0.15, -0.1) is 10.2 Å². The standard InChI is InChI=1S/C22H28N6OS2/c1-7-28-18(12-30-21-23-15(4)11-16(5)24-21)26-27-22(28)31-17(6)20(29)25-19-13(2)9-8-10-14(19)3/h8-11,17H,7,12H2,1-6H3,(H,25,29)/t17-/m0/s1. The quantitative estimate of drug-likeness (QED) is 0.387. The number of amides is 1. The molecule has 0 aliphatic heterocycles. The fourth-order valence-electron chi connectivity index (χ4n) is 3.17. The summed E-state index contributed by atoms with van der Waals surface area (Å²) in [6.45, 7) is 12.6. The summed E-state index contributed by atoms with van der Waals surface area (Å²) in [5, 5.41) is 12.9. The molecule has 3 rings (SSSR count). The van der Waals surface area contributed by atoms with Gasteiger partial charge in [-0.25, -0.2) is 9.97 Å². The first kappa shape index (κ1) is 23.3. The van der Waals surface area contributed by atoms with Gasteiger partial charge in [-0.05, 0) is 58.7 Å². The molecule has 1 amide bonds. The molecule has 2 aromatic heterocycles. The van der Waals surface area contributed by atoms with Crippen LogP contribution in [0.25, 0.3) is 0 Å². The van der Waals surface area contributed by atoms with Gasteiger partial charge in [0, 0.05) is 23.6 Å². The zero-order valence-electron chi connectivity index (χ0n) is 18.8. The third-order valence-electron chi connectivity index (χ3n) is 4.78. The summed E-state index contributed by atoms with van der Waals surface area (Å²) >= 11 is 2.96. The summed E-state index contributed by atoms with van der Waals surface area (Å²) < 4.78 is 2.04. The maximum Gasteiger partial charge on any atom is 0.237 e. The number of anilines is 1. The van der Waals surface area contributed by atoms with Gasteiger partial charge in [0.15, 0.2) is 10.3 Å². The highest BCUT2D eigenvalue weighted by Crippen LogP contribution is 2.27. The molecule has 1 atom stereocenters. The Morgan fingerprint density at radius 3 is 2.35 bits per heavy atom. The zero-order valence-corrected chi connectivity index (χ0v) is 20.4. The molecule has 1 aromatic carbocycles. The molecular formula is C22H28N6OS2. The highest BCUT2D eigenvalue weighted by molar-refractivity contribution is 8.00. The average Bonchev–Trinajstić information content (AvgIpc) is 3.09. The maximum atomic E-state index is 12.8. The lowest BCUT2D eigenvalue weighted by Crippen LogP contribution is -2.24. The first-order valence-electron chi connectivity index (χ1n) is 10.2. The lowest BCUT2D eigenvalue weighted by atomic mass is 10.1. The third kappa shape index (κ3) is 5.86. The normalized spacial score (nSPS) is 12.1. The Morgan fingerprint density at radius 2 is 1.74 bits per heavy atom. The highest BCUT2D eigenvalue weighted by Gasteiger charge is 2.21. The number of thioether (sulfide) groups is 2. The van der Waals surface area contributed by atoms with Crippen molar-refractivity contribution in [1.82, 2.24) is 24.7 Å². The number of para-hydroxylation sites is 1. The number of rotatable bonds is 8. The smallest absolute Gasteiger partial charge is 0.237 e. The van der Waals surface area contributed by atoms with E-state index in [2.05, 4.69) is 32.4 Å². The van der Waals surface area contributed by atoms with Crippen molar-refractivity contribution in [2.75, 3.05) is 5.32 Å². The number of aromatic nitrogens is 5. The minimum Gasteiger partial charge on any atom is -0.325 e. The third-order valence-corrected chi connectivity index (χ3v) is 6.71. The van der Waals surface area contributed by atoms with Crippen LogP contribution in [0.2, 0.25) is 0 Å². The number of carbonyl (C=O) groups is 1. The maximum absolute atomic E-state index is 12.8. The number of hydrogen-bond donors (Lipinski definition) is 1. The van der Waals surface area contributed by atoms with Crippen LogP contribution >= 0.6 is 23.5 Å². The molecule has 0 unspecified atom stereocenters. The van der Waals surface area contributed by atoms with E-state index in [1.807, 2.05) is 63.5 Å². The molecule has 3 aromatic rings. The molecule has 2 heterocycles. The van der Waals surface area contributed by atoms with Crippen LogP contribution in [0.4, 0.5) is 5.69 Å². The van der Waals surface area contributed by atoms with E-state index in [0.29, 0.717) is 5.75 Å². The monoisotopic (exact) mass is 456 g/mol. The first-order valence-corrected chi connectivity index (χ1v) is 12.1. The van der Waals surface area contributed by atoms with E-state index in [0.717, 1.165) is 50.9 Å². The van der Waals surface area contributed by atoms with Crippen LogP contribution in [-0.2, 0) is 17.1 Å². The Kier molecular flexibility index (Phi) is 7.72. The summed E-state index contributed by atoms with van der Waals surface area (Å²) in [4.78, 5) is 21.7. The molecule has 0 aliphatic carbocycles. The molecule has 1 N–H and O–H groups in total. The van der Waals surface area contributed by atoms with Crippen molar-refractivity contribution in [3.8, 4) is 0 Å². The van der Waals surface area contributed by atoms with Crippen molar-refractivity contribution in [2.24, 2.45) is 0 Å². The second-order valence-electron chi connectivity index (χ2n) is 7.38. The van der Waals surface area contributed by atoms with E-state index in [-0.39, 0.29) is 11.2 Å².